The summed E-state index contributed by atoms with van der Waals surface area (Å²) in [5, 5.41) is 9.23. The van der Waals surface area contributed by atoms with Crippen LogP contribution in [-0.2, 0) is 4.74 Å². The lowest BCUT2D eigenvalue weighted by Gasteiger charge is -2.07. The van der Waals surface area contributed by atoms with Crippen molar-refractivity contribution in [3.8, 4) is 5.75 Å². The third-order valence-corrected chi connectivity index (χ3v) is 2.27. The minimum Gasteiger partial charge on any atom is -0.508 e. The summed E-state index contributed by atoms with van der Waals surface area (Å²) in [7, 11) is 0. The van der Waals surface area contributed by atoms with E-state index in [0.717, 1.165) is 19.6 Å². The van der Waals surface area contributed by atoms with Gasteiger partial charge in [0.05, 0.1) is 6.61 Å². The molecular formula is C10H12O2. The molecule has 12 heavy (non-hydrogen) atoms. The van der Waals surface area contributed by atoms with Crippen LogP contribution in [0.1, 0.15) is 17.9 Å². The van der Waals surface area contributed by atoms with Gasteiger partial charge in [0.1, 0.15) is 5.75 Å². The summed E-state index contributed by atoms with van der Waals surface area (Å²) < 4.78 is 5.27. The molecule has 0 saturated carbocycles. The topological polar surface area (TPSA) is 29.5 Å². The van der Waals surface area contributed by atoms with Crippen molar-refractivity contribution in [1.29, 1.82) is 0 Å². The highest BCUT2D eigenvalue weighted by Gasteiger charge is 2.17. The van der Waals surface area contributed by atoms with Gasteiger partial charge in [-0.1, -0.05) is 12.1 Å². The molecule has 1 aliphatic rings. The van der Waals surface area contributed by atoms with E-state index in [1.165, 1.54) is 5.56 Å². The Kier molecular flexibility index (Phi) is 2.00. The van der Waals surface area contributed by atoms with E-state index in [2.05, 4.69) is 0 Å². The first kappa shape index (κ1) is 7.62. The van der Waals surface area contributed by atoms with Crippen molar-refractivity contribution < 1.29 is 9.84 Å². The molecule has 2 nitrogen and oxygen atoms in total. The average molecular weight is 164 g/mol. The fraction of sp³-hybridized carbons (Fsp3) is 0.400. The van der Waals surface area contributed by atoms with Gasteiger partial charge in [-0.05, 0) is 24.1 Å². The molecule has 0 bridgehead atoms. The maximum atomic E-state index is 9.23. The van der Waals surface area contributed by atoms with Gasteiger partial charge in [-0.3, -0.25) is 0 Å². The number of benzene rings is 1. The Balaban J connectivity index is 2.21. The van der Waals surface area contributed by atoms with E-state index < -0.39 is 0 Å². The number of hydrogen-bond donors (Lipinski definition) is 1. The SMILES string of the molecule is Oc1cccc(C2CCOC2)c1. The quantitative estimate of drug-likeness (QED) is 0.686. The Labute approximate surface area is 71.8 Å². The summed E-state index contributed by atoms with van der Waals surface area (Å²) in [6, 6.07) is 7.43. The van der Waals surface area contributed by atoms with Crippen LogP contribution in [0.3, 0.4) is 0 Å². The summed E-state index contributed by atoms with van der Waals surface area (Å²) in [5.41, 5.74) is 1.19. The minimum absolute atomic E-state index is 0.347. The van der Waals surface area contributed by atoms with Crippen LogP contribution in [-0.4, -0.2) is 18.3 Å². The van der Waals surface area contributed by atoms with Gasteiger partial charge >= 0.3 is 0 Å². The van der Waals surface area contributed by atoms with Crippen LogP contribution in [0.5, 0.6) is 5.75 Å². The Morgan fingerprint density at radius 1 is 1.42 bits per heavy atom. The predicted octanol–water partition coefficient (Wildman–Crippen LogP) is 1.90. The van der Waals surface area contributed by atoms with Gasteiger partial charge in [-0.15, -0.1) is 0 Å². The molecule has 1 fully saturated rings. The van der Waals surface area contributed by atoms with Gasteiger partial charge in [0.2, 0.25) is 0 Å². The second kappa shape index (κ2) is 3.15. The largest absolute Gasteiger partial charge is 0.508 e. The van der Waals surface area contributed by atoms with Crippen LogP contribution >= 0.6 is 0 Å². The lowest BCUT2D eigenvalue weighted by atomic mass is 9.99. The molecule has 1 saturated heterocycles. The van der Waals surface area contributed by atoms with E-state index in [4.69, 9.17) is 4.74 Å². The molecule has 1 unspecified atom stereocenters. The smallest absolute Gasteiger partial charge is 0.115 e. The highest BCUT2D eigenvalue weighted by molar-refractivity contribution is 5.30. The Bertz CT molecular complexity index is 264. The zero-order valence-corrected chi connectivity index (χ0v) is 6.86. The molecule has 2 rings (SSSR count). The summed E-state index contributed by atoms with van der Waals surface area (Å²) in [6.07, 6.45) is 1.07. The molecule has 1 heterocycles. The first-order chi connectivity index (χ1) is 5.86. The first-order valence-corrected chi connectivity index (χ1v) is 4.23. The van der Waals surface area contributed by atoms with Gasteiger partial charge in [0.15, 0.2) is 0 Å². The molecule has 64 valence electrons. The Hall–Kier alpha value is -1.02. The third kappa shape index (κ3) is 1.43. The van der Waals surface area contributed by atoms with Crippen molar-refractivity contribution >= 4 is 0 Å². The molecule has 1 aromatic carbocycles. The lowest BCUT2D eigenvalue weighted by molar-refractivity contribution is 0.194. The average Bonchev–Trinajstić information content (AvgIpc) is 2.56. The molecule has 2 heteroatoms. The zero-order chi connectivity index (χ0) is 8.39. The van der Waals surface area contributed by atoms with Crippen LogP contribution in [0.4, 0.5) is 0 Å². The standard InChI is InChI=1S/C10H12O2/c11-10-3-1-2-8(6-10)9-4-5-12-7-9/h1-3,6,9,11H,4-5,7H2. The van der Waals surface area contributed by atoms with Crippen LogP contribution < -0.4 is 0 Å². The van der Waals surface area contributed by atoms with Gasteiger partial charge in [0.25, 0.3) is 0 Å². The third-order valence-electron chi connectivity index (χ3n) is 2.27. The van der Waals surface area contributed by atoms with Gasteiger partial charge in [0, 0.05) is 12.5 Å². The zero-order valence-electron chi connectivity index (χ0n) is 6.86. The van der Waals surface area contributed by atoms with Crippen molar-refractivity contribution in [2.45, 2.75) is 12.3 Å². The maximum absolute atomic E-state index is 9.23. The molecule has 1 N–H and O–H groups in total. The fourth-order valence-electron chi connectivity index (χ4n) is 1.58. The second-order valence-corrected chi connectivity index (χ2v) is 3.16. The van der Waals surface area contributed by atoms with Crippen LogP contribution in [0, 0.1) is 0 Å². The van der Waals surface area contributed by atoms with E-state index in [9.17, 15) is 5.11 Å². The number of rotatable bonds is 1. The van der Waals surface area contributed by atoms with Crippen LogP contribution in [0.25, 0.3) is 0 Å². The van der Waals surface area contributed by atoms with E-state index >= 15 is 0 Å². The van der Waals surface area contributed by atoms with Crippen LogP contribution in [0.15, 0.2) is 24.3 Å². The number of ether oxygens (including phenoxy) is 1. The summed E-state index contributed by atoms with van der Waals surface area (Å²) in [6.45, 7) is 1.64. The molecular weight excluding hydrogens is 152 g/mol. The van der Waals surface area contributed by atoms with Crippen LogP contribution in [0.2, 0.25) is 0 Å². The minimum atomic E-state index is 0.347. The van der Waals surface area contributed by atoms with Crippen molar-refractivity contribution in [1.82, 2.24) is 0 Å². The van der Waals surface area contributed by atoms with E-state index in [-0.39, 0.29) is 0 Å². The van der Waals surface area contributed by atoms with E-state index in [1.54, 1.807) is 6.07 Å². The molecule has 0 amide bonds. The summed E-state index contributed by atoms with van der Waals surface area (Å²) >= 11 is 0. The Morgan fingerprint density at radius 3 is 3.00 bits per heavy atom. The monoisotopic (exact) mass is 164 g/mol. The van der Waals surface area contributed by atoms with Crippen molar-refractivity contribution in [2.75, 3.05) is 13.2 Å². The number of aromatic hydroxyl groups is 1. The number of hydrogen-bond acceptors (Lipinski definition) is 2. The summed E-state index contributed by atoms with van der Waals surface area (Å²) in [4.78, 5) is 0. The molecule has 1 aromatic rings. The van der Waals surface area contributed by atoms with E-state index in [1.807, 2.05) is 18.2 Å². The van der Waals surface area contributed by atoms with E-state index in [0.29, 0.717) is 11.7 Å². The predicted molar refractivity (Wildman–Crippen MR) is 46.3 cm³/mol. The number of phenols is 1. The van der Waals surface area contributed by atoms with Crippen molar-refractivity contribution in [2.24, 2.45) is 0 Å². The van der Waals surface area contributed by atoms with Crippen molar-refractivity contribution in [3.05, 3.63) is 29.8 Å². The molecule has 0 aliphatic carbocycles. The normalized spacial score (nSPS) is 22.8. The first-order valence-electron chi connectivity index (χ1n) is 4.23. The highest BCUT2D eigenvalue weighted by Crippen LogP contribution is 2.26. The lowest BCUT2D eigenvalue weighted by Crippen LogP contribution is -1.96. The van der Waals surface area contributed by atoms with Gasteiger partial charge in [-0.2, -0.15) is 0 Å². The number of phenolic OH excluding ortho intramolecular Hbond substituents is 1. The fourth-order valence-corrected chi connectivity index (χ4v) is 1.58. The molecule has 0 spiro atoms. The summed E-state index contributed by atoms with van der Waals surface area (Å²) in [5.74, 6) is 0.830. The van der Waals surface area contributed by atoms with Crippen molar-refractivity contribution in [3.63, 3.8) is 0 Å². The van der Waals surface area contributed by atoms with Gasteiger partial charge < -0.3 is 9.84 Å². The Morgan fingerprint density at radius 2 is 2.33 bits per heavy atom. The highest BCUT2D eigenvalue weighted by atomic mass is 16.5. The molecule has 1 atom stereocenters. The molecule has 1 aliphatic heterocycles. The second-order valence-electron chi connectivity index (χ2n) is 3.16. The maximum Gasteiger partial charge on any atom is 0.115 e. The van der Waals surface area contributed by atoms with Gasteiger partial charge in [-0.25, -0.2) is 0 Å². The molecule has 0 radical (unpaired) electrons. The molecule has 0 aromatic heterocycles.